The van der Waals surface area contributed by atoms with Crippen molar-refractivity contribution in [2.24, 2.45) is 35.5 Å². The normalized spacial score (nSPS) is 37.4. The molecule has 0 aromatic heterocycles. The molecule has 6 atom stereocenters. The molecule has 6 unspecified atom stereocenters. The predicted molar refractivity (Wildman–Crippen MR) is 119 cm³/mol. The highest BCUT2D eigenvalue weighted by molar-refractivity contribution is 5.82. The van der Waals surface area contributed by atoms with Gasteiger partial charge in [-0.25, -0.2) is 0 Å². The van der Waals surface area contributed by atoms with E-state index in [1.165, 1.54) is 69.8 Å². The monoisotopic (exact) mass is 398 g/mol. The topological polar surface area (TPSA) is 34.1 Å². The third kappa shape index (κ3) is 4.88. The third-order valence-electron chi connectivity index (χ3n) is 9.14. The first-order valence-corrected chi connectivity index (χ1v) is 12.9. The molecule has 0 heterocycles. The van der Waals surface area contributed by atoms with Crippen LogP contribution in [0.5, 0.6) is 0 Å². The molecule has 4 aliphatic carbocycles. The highest BCUT2D eigenvalue weighted by Crippen LogP contribution is 2.47. The molecule has 0 aromatic rings. The summed E-state index contributed by atoms with van der Waals surface area (Å²) in [6, 6.07) is 0. The average Bonchev–Trinajstić information content (AvgIpc) is 2.76. The smallest absolute Gasteiger partial charge is 0.136 e. The molecule has 0 spiro atoms. The lowest BCUT2D eigenvalue weighted by Gasteiger charge is -2.42. The molecule has 0 radical (unpaired) electrons. The second kappa shape index (κ2) is 9.92. The number of carbonyl (C=O) groups is 2. The van der Waals surface area contributed by atoms with E-state index in [1.54, 1.807) is 0 Å². The Kier molecular flexibility index (Phi) is 7.30. The van der Waals surface area contributed by atoms with Crippen molar-refractivity contribution in [3.63, 3.8) is 0 Å². The zero-order chi connectivity index (χ0) is 20.2. The molecule has 0 N–H and O–H groups in total. The molecule has 2 heteroatoms. The van der Waals surface area contributed by atoms with Crippen LogP contribution < -0.4 is 0 Å². The standard InChI is InChI=1S/C27H42O2/c1-19-17-18-25(23-13-5-4-11-21(19)23)27(29)16-7-6-15-26(28)24-14-8-10-20-9-2-3-12-22(20)24/h20-25H,1-18H2. The summed E-state index contributed by atoms with van der Waals surface area (Å²) in [6.07, 6.45) is 19.5. The predicted octanol–water partition coefficient (Wildman–Crippen LogP) is 7.06. The van der Waals surface area contributed by atoms with E-state index in [9.17, 15) is 9.59 Å². The minimum Gasteiger partial charge on any atom is -0.299 e. The lowest BCUT2D eigenvalue weighted by Crippen LogP contribution is -2.36. The van der Waals surface area contributed by atoms with Gasteiger partial charge in [0.05, 0.1) is 0 Å². The Bertz CT molecular complexity index is 604. The number of unbranched alkanes of at least 4 members (excludes halogenated alkanes) is 1. The lowest BCUT2D eigenvalue weighted by atomic mass is 9.62. The third-order valence-corrected chi connectivity index (χ3v) is 9.14. The van der Waals surface area contributed by atoms with Gasteiger partial charge < -0.3 is 0 Å². The molecule has 0 aromatic carbocycles. The molecule has 0 saturated heterocycles. The van der Waals surface area contributed by atoms with Gasteiger partial charge in [0.2, 0.25) is 0 Å². The van der Waals surface area contributed by atoms with E-state index in [4.69, 9.17) is 0 Å². The first kappa shape index (κ1) is 21.3. The van der Waals surface area contributed by atoms with E-state index in [1.807, 2.05) is 0 Å². The van der Waals surface area contributed by atoms with E-state index in [2.05, 4.69) is 6.58 Å². The van der Waals surface area contributed by atoms with Crippen LogP contribution in [-0.4, -0.2) is 11.6 Å². The SMILES string of the molecule is C=C1CCC(C(=O)CCCCC(=O)C2CCCC3CCCCC32)C2CCCCC12. The quantitative estimate of drug-likeness (QED) is 0.340. The van der Waals surface area contributed by atoms with Gasteiger partial charge in [0.15, 0.2) is 0 Å². The first-order chi connectivity index (χ1) is 14.1. The van der Waals surface area contributed by atoms with Crippen LogP contribution in [0.1, 0.15) is 109 Å². The van der Waals surface area contributed by atoms with Gasteiger partial charge >= 0.3 is 0 Å². The summed E-state index contributed by atoms with van der Waals surface area (Å²) in [4.78, 5) is 25.9. The molecular formula is C27H42O2. The number of hydrogen-bond donors (Lipinski definition) is 0. The number of ketones is 2. The Labute approximate surface area is 178 Å². The maximum absolute atomic E-state index is 13.0. The van der Waals surface area contributed by atoms with Gasteiger partial charge in [-0.15, -0.1) is 0 Å². The molecular weight excluding hydrogens is 356 g/mol. The zero-order valence-electron chi connectivity index (χ0n) is 18.5. The molecule has 2 nitrogen and oxygen atoms in total. The number of fused-ring (bicyclic) bond motifs is 2. The lowest BCUT2D eigenvalue weighted by molar-refractivity contribution is -0.129. The van der Waals surface area contributed by atoms with Crippen LogP contribution >= 0.6 is 0 Å². The highest BCUT2D eigenvalue weighted by atomic mass is 16.1. The number of carbonyl (C=O) groups excluding carboxylic acids is 2. The van der Waals surface area contributed by atoms with Crippen molar-refractivity contribution in [1.82, 2.24) is 0 Å². The molecule has 0 amide bonds. The molecule has 0 aliphatic heterocycles. The highest BCUT2D eigenvalue weighted by Gasteiger charge is 2.40. The average molecular weight is 399 g/mol. The second-order valence-corrected chi connectivity index (χ2v) is 10.7. The Morgan fingerprint density at radius 2 is 1.28 bits per heavy atom. The van der Waals surface area contributed by atoms with Gasteiger partial charge in [-0.05, 0) is 75.0 Å². The van der Waals surface area contributed by atoms with E-state index in [0.29, 0.717) is 48.1 Å². The molecule has 4 fully saturated rings. The minimum atomic E-state index is 0.280. The Morgan fingerprint density at radius 1 is 0.690 bits per heavy atom. The fraction of sp³-hybridized carbons (Fsp3) is 0.852. The van der Waals surface area contributed by atoms with Gasteiger partial charge in [0.1, 0.15) is 11.6 Å². The van der Waals surface area contributed by atoms with Crippen molar-refractivity contribution < 1.29 is 9.59 Å². The Hall–Kier alpha value is -0.920. The van der Waals surface area contributed by atoms with Crippen molar-refractivity contribution in [1.29, 1.82) is 0 Å². The van der Waals surface area contributed by atoms with Crippen LogP contribution in [0.2, 0.25) is 0 Å². The van der Waals surface area contributed by atoms with Gasteiger partial charge in [0.25, 0.3) is 0 Å². The fourth-order valence-electron chi connectivity index (χ4n) is 7.60. The minimum absolute atomic E-state index is 0.280. The van der Waals surface area contributed by atoms with Crippen molar-refractivity contribution in [2.75, 3.05) is 0 Å². The molecule has 4 rings (SSSR count). The molecule has 4 saturated carbocycles. The number of hydrogen-bond acceptors (Lipinski definition) is 2. The van der Waals surface area contributed by atoms with Gasteiger partial charge in [-0.1, -0.05) is 57.1 Å². The number of allylic oxidation sites excluding steroid dienone is 1. The van der Waals surface area contributed by atoms with E-state index in [-0.39, 0.29) is 5.92 Å². The molecule has 4 aliphatic rings. The summed E-state index contributed by atoms with van der Waals surface area (Å²) in [6.45, 7) is 4.31. The van der Waals surface area contributed by atoms with E-state index in [0.717, 1.165) is 38.0 Å². The summed E-state index contributed by atoms with van der Waals surface area (Å²) in [7, 11) is 0. The largest absolute Gasteiger partial charge is 0.299 e. The Balaban J connectivity index is 1.21. The van der Waals surface area contributed by atoms with E-state index < -0.39 is 0 Å². The van der Waals surface area contributed by atoms with Crippen molar-refractivity contribution in [3.05, 3.63) is 12.2 Å². The fourth-order valence-corrected chi connectivity index (χ4v) is 7.60. The van der Waals surface area contributed by atoms with Crippen molar-refractivity contribution in [2.45, 2.75) is 109 Å². The second-order valence-electron chi connectivity index (χ2n) is 10.7. The summed E-state index contributed by atoms with van der Waals surface area (Å²) in [5, 5.41) is 0. The summed E-state index contributed by atoms with van der Waals surface area (Å²) >= 11 is 0. The van der Waals surface area contributed by atoms with Gasteiger partial charge in [-0.3, -0.25) is 9.59 Å². The van der Waals surface area contributed by atoms with Crippen LogP contribution in [-0.2, 0) is 9.59 Å². The molecule has 0 bridgehead atoms. The van der Waals surface area contributed by atoms with Crippen LogP contribution in [0.3, 0.4) is 0 Å². The number of rotatable bonds is 7. The van der Waals surface area contributed by atoms with Crippen LogP contribution in [0.4, 0.5) is 0 Å². The summed E-state index contributed by atoms with van der Waals surface area (Å²) in [5.74, 6) is 4.34. The van der Waals surface area contributed by atoms with Gasteiger partial charge in [0, 0.05) is 24.7 Å². The van der Waals surface area contributed by atoms with Gasteiger partial charge in [-0.2, -0.15) is 0 Å². The maximum Gasteiger partial charge on any atom is 0.136 e. The summed E-state index contributed by atoms with van der Waals surface area (Å²) in [5.41, 5.74) is 1.41. The summed E-state index contributed by atoms with van der Waals surface area (Å²) < 4.78 is 0. The van der Waals surface area contributed by atoms with Crippen LogP contribution in [0.15, 0.2) is 12.2 Å². The first-order valence-electron chi connectivity index (χ1n) is 12.9. The molecule has 29 heavy (non-hydrogen) atoms. The molecule has 162 valence electrons. The van der Waals surface area contributed by atoms with Crippen LogP contribution in [0.25, 0.3) is 0 Å². The zero-order valence-corrected chi connectivity index (χ0v) is 18.5. The van der Waals surface area contributed by atoms with Crippen molar-refractivity contribution in [3.8, 4) is 0 Å². The van der Waals surface area contributed by atoms with E-state index >= 15 is 0 Å². The Morgan fingerprint density at radius 3 is 2.03 bits per heavy atom. The van der Waals surface area contributed by atoms with Crippen molar-refractivity contribution >= 4 is 11.6 Å². The van der Waals surface area contributed by atoms with Crippen LogP contribution in [0, 0.1) is 35.5 Å². The maximum atomic E-state index is 13.0. The number of Topliss-reactive ketones (excluding diaryl/α,β-unsaturated/α-hetero) is 2.